The maximum Gasteiger partial charge on any atom is 0.303 e. The molecular weight excluding hydrogens is 270 g/mol. The number of carbonyl (C=O) groups is 2. The number of nitrogens with zero attached hydrogens (tertiary/aromatic N) is 1. The highest BCUT2D eigenvalue weighted by Gasteiger charge is 2.38. The van der Waals surface area contributed by atoms with E-state index in [1.54, 1.807) is 0 Å². The van der Waals surface area contributed by atoms with E-state index < -0.39 is 5.97 Å². The lowest BCUT2D eigenvalue weighted by molar-refractivity contribution is -0.140. The minimum atomic E-state index is -0.827. The van der Waals surface area contributed by atoms with E-state index >= 15 is 0 Å². The van der Waals surface area contributed by atoms with Crippen LogP contribution in [0.5, 0.6) is 0 Å². The topological polar surface area (TPSA) is 95.1 Å². The number of aliphatic carboxylic acids is 1. The van der Waals surface area contributed by atoms with Gasteiger partial charge in [0, 0.05) is 18.2 Å². The van der Waals surface area contributed by atoms with Crippen molar-refractivity contribution < 1.29 is 14.7 Å². The van der Waals surface area contributed by atoms with Gasteiger partial charge in [0.05, 0.1) is 6.42 Å². The zero-order valence-corrected chi connectivity index (χ0v) is 12.6. The smallest absolute Gasteiger partial charge is 0.303 e. The molecule has 0 atom stereocenters. The quantitative estimate of drug-likeness (QED) is 0.751. The van der Waals surface area contributed by atoms with Gasteiger partial charge in [-0.25, -0.2) is 0 Å². The summed E-state index contributed by atoms with van der Waals surface area (Å²) in [5.41, 5.74) is 0.582. The van der Waals surface area contributed by atoms with Crippen LogP contribution in [0.3, 0.4) is 0 Å². The van der Waals surface area contributed by atoms with Gasteiger partial charge in [-0.2, -0.15) is 5.10 Å². The van der Waals surface area contributed by atoms with E-state index in [0.29, 0.717) is 11.7 Å². The number of aromatic nitrogens is 2. The van der Waals surface area contributed by atoms with Gasteiger partial charge >= 0.3 is 5.97 Å². The second-order valence-electron chi connectivity index (χ2n) is 6.37. The zero-order chi connectivity index (χ0) is 15.5. The van der Waals surface area contributed by atoms with Gasteiger partial charge in [-0.15, -0.1) is 0 Å². The van der Waals surface area contributed by atoms with Crippen LogP contribution >= 0.6 is 0 Å². The number of carboxylic acid groups (broad SMARTS) is 1. The summed E-state index contributed by atoms with van der Waals surface area (Å²) >= 11 is 0. The van der Waals surface area contributed by atoms with Crippen LogP contribution in [0.15, 0.2) is 6.07 Å². The van der Waals surface area contributed by atoms with E-state index in [4.69, 9.17) is 5.11 Å². The molecule has 116 valence electrons. The Hall–Kier alpha value is -1.85. The third-order valence-electron chi connectivity index (χ3n) is 4.21. The van der Waals surface area contributed by atoms with Crippen molar-refractivity contribution >= 4 is 17.7 Å². The fourth-order valence-electron chi connectivity index (χ4n) is 3.09. The Balaban J connectivity index is 1.97. The van der Waals surface area contributed by atoms with Crippen LogP contribution in [-0.4, -0.2) is 27.2 Å². The molecule has 3 N–H and O–H groups in total. The maximum absolute atomic E-state index is 12.2. The van der Waals surface area contributed by atoms with Gasteiger partial charge in [-0.1, -0.05) is 26.7 Å². The van der Waals surface area contributed by atoms with Gasteiger partial charge in [0.2, 0.25) is 5.91 Å². The third-order valence-corrected chi connectivity index (χ3v) is 4.21. The predicted octanol–water partition coefficient (Wildman–Crippen LogP) is 2.90. The number of anilines is 1. The predicted molar refractivity (Wildman–Crippen MR) is 79.1 cm³/mol. The molecule has 1 aromatic rings. The van der Waals surface area contributed by atoms with Crippen molar-refractivity contribution in [1.29, 1.82) is 0 Å². The first-order valence-corrected chi connectivity index (χ1v) is 7.47. The molecule has 0 aliphatic heterocycles. The molecule has 1 aliphatic carbocycles. The number of amides is 1. The first kappa shape index (κ1) is 15.5. The number of aromatic amines is 1. The molecule has 21 heavy (non-hydrogen) atoms. The van der Waals surface area contributed by atoms with E-state index in [2.05, 4.69) is 15.5 Å². The van der Waals surface area contributed by atoms with E-state index in [1.165, 1.54) is 0 Å². The fraction of sp³-hybridized carbons (Fsp3) is 0.667. The van der Waals surface area contributed by atoms with Crippen LogP contribution in [0, 0.1) is 5.41 Å². The molecular formula is C15H23N3O3. The summed E-state index contributed by atoms with van der Waals surface area (Å²) in [7, 11) is 0. The Morgan fingerprint density at radius 3 is 2.57 bits per heavy atom. The molecule has 0 unspecified atom stereocenters. The molecule has 1 amide bonds. The van der Waals surface area contributed by atoms with Crippen molar-refractivity contribution in [2.75, 3.05) is 5.32 Å². The molecule has 1 aromatic heterocycles. The minimum Gasteiger partial charge on any atom is -0.481 e. The van der Waals surface area contributed by atoms with Gasteiger partial charge in [0.25, 0.3) is 0 Å². The van der Waals surface area contributed by atoms with Gasteiger partial charge in [0.1, 0.15) is 0 Å². The molecule has 6 nitrogen and oxygen atoms in total. The van der Waals surface area contributed by atoms with E-state index in [-0.39, 0.29) is 24.2 Å². The molecule has 0 saturated heterocycles. The highest BCUT2D eigenvalue weighted by Crippen LogP contribution is 2.44. The highest BCUT2D eigenvalue weighted by atomic mass is 16.4. The summed E-state index contributed by atoms with van der Waals surface area (Å²) in [4.78, 5) is 23.2. The van der Waals surface area contributed by atoms with Gasteiger partial charge < -0.3 is 10.4 Å². The lowest BCUT2D eigenvalue weighted by atomic mass is 9.79. The zero-order valence-electron chi connectivity index (χ0n) is 12.6. The summed E-state index contributed by atoms with van der Waals surface area (Å²) in [6, 6.07) is 1.82. The lowest BCUT2D eigenvalue weighted by Gasteiger charge is -2.26. The molecule has 1 aliphatic rings. The Labute approximate surface area is 124 Å². The van der Waals surface area contributed by atoms with E-state index in [1.807, 2.05) is 19.9 Å². The summed E-state index contributed by atoms with van der Waals surface area (Å²) in [5, 5.41) is 18.8. The van der Waals surface area contributed by atoms with Crippen molar-refractivity contribution in [1.82, 2.24) is 10.2 Å². The normalized spacial score (nSPS) is 17.1. The number of carbonyl (C=O) groups excluding carboxylic acids is 1. The largest absolute Gasteiger partial charge is 0.481 e. The van der Waals surface area contributed by atoms with Gasteiger partial charge in [-0.05, 0) is 24.2 Å². The molecule has 0 bridgehead atoms. The first-order valence-electron chi connectivity index (χ1n) is 7.47. The van der Waals surface area contributed by atoms with Crippen LogP contribution in [0.25, 0.3) is 0 Å². The number of H-pyrrole nitrogens is 1. The molecule has 1 fully saturated rings. The molecule has 2 rings (SSSR count). The number of hydrogen-bond donors (Lipinski definition) is 3. The van der Waals surface area contributed by atoms with Crippen LogP contribution in [0.4, 0.5) is 5.82 Å². The Morgan fingerprint density at radius 1 is 1.38 bits per heavy atom. The molecule has 1 heterocycles. The lowest BCUT2D eigenvalue weighted by Crippen LogP contribution is -2.27. The molecule has 0 spiro atoms. The first-order chi connectivity index (χ1) is 9.90. The van der Waals surface area contributed by atoms with Gasteiger partial charge in [0.15, 0.2) is 5.82 Å². The third kappa shape index (κ3) is 4.06. The van der Waals surface area contributed by atoms with E-state index in [9.17, 15) is 9.59 Å². The molecule has 6 heteroatoms. The number of nitrogens with one attached hydrogen (secondary N) is 2. The second kappa shape index (κ2) is 6.28. The van der Waals surface area contributed by atoms with E-state index in [0.717, 1.165) is 31.4 Å². The monoisotopic (exact) mass is 293 g/mol. The fourth-order valence-corrected chi connectivity index (χ4v) is 3.09. The average molecular weight is 293 g/mol. The summed E-state index contributed by atoms with van der Waals surface area (Å²) in [6.07, 6.45) is 3.94. The standard InChI is InChI=1S/C15H23N3O3/c1-10(2)11-7-12(18-17-11)16-13(19)8-15(9-14(20)21)5-3-4-6-15/h7,10H,3-6,8-9H2,1-2H3,(H,20,21)(H2,16,17,18,19). The molecule has 0 aromatic carbocycles. The average Bonchev–Trinajstić information content (AvgIpc) is 2.98. The second-order valence-corrected chi connectivity index (χ2v) is 6.37. The van der Waals surface area contributed by atoms with Crippen molar-refractivity contribution in [3.63, 3.8) is 0 Å². The molecule has 1 saturated carbocycles. The molecule has 0 radical (unpaired) electrons. The Kier molecular flexibility index (Phi) is 4.65. The van der Waals surface area contributed by atoms with Crippen LogP contribution in [0.2, 0.25) is 0 Å². The van der Waals surface area contributed by atoms with Crippen LogP contribution in [0.1, 0.15) is 64.0 Å². The SMILES string of the molecule is CC(C)c1cc(NC(=O)CC2(CC(=O)O)CCCC2)n[nH]1. The van der Waals surface area contributed by atoms with Crippen LogP contribution < -0.4 is 5.32 Å². The number of carboxylic acids is 1. The highest BCUT2D eigenvalue weighted by molar-refractivity contribution is 5.90. The summed E-state index contributed by atoms with van der Waals surface area (Å²) in [5.74, 6) is -0.157. The number of rotatable bonds is 6. The van der Waals surface area contributed by atoms with Crippen molar-refractivity contribution in [2.24, 2.45) is 5.41 Å². The summed E-state index contributed by atoms with van der Waals surface area (Å²) in [6.45, 7) is 4.08. The van der Waals surface area contributed by atoms with Crippen molar-refractivity contribution in [3.05, 3.63) is 11.8 Å². The van der Waals surface area contributed by atoms with Crippen molar-refractivity contribution in [3.8, 4) is 0 Å². The van der Waals surface area contributed by atoms with Crippen LogP contribution in [-0.2, 0) is 9.59 Å². The summed E-state index contributed by atoms with van der Waals surface area (Å²) < 4.78 is 0. The Bertz CT molecular complexity index is 516. The minimum absolute atomic E-state index is 0.0677. The van der Waals surface area contributed by atoms with Crippen molar-refractivity contribution in [2.45, 2.75) is 58.3 Å². The Morgan fingerprint density at radius 2 is 2.05 bits per heavy atom. The van der Waals surface area contributed by atoms with Gasteiger partial charge in [-0.3, -0.25) is 14.7 Å². The maximum atomic E-state index is 12.2. The number of hydrogen-bond acceptors (Lipinski definition) is 3.